The summed E-state index contributed by atoms with van der Waals surface area (Å²) in [6.07, 6.45) is 8.47. The number of ether oxygens (including phenoxy) is 1. The Balaban J connectivity index is 0.00000353. The molecule has 9 heteroatoms. The van der Waals surface area contributed by atoms with Crippen LogP contribution in [0.1, 0.15) is 52.1 Å². The first kappa shape index (κ1) is 28.2. The molecule has 204 valence electrons. The van der Waals surface area contributed by atoms with E-state index in [4.69, 9.17) is 9.72 Å². The topological polar surface area (TPSA) is 106 Å². The Hall–Kier alpha value is -3.85. The van der Waals surface area contributed by atoms with E-state index < -0.39 is 17.9 Å². The lowest BCUT2D eigenvalue weighted by Crippen LogP contribution is -2.42. The van der Waals surface area contributed by atoms with Crippen LogP contribution in [-0.2, 0) is 37.5 Å². The van der Waals surface area contributed by atoms with E-state index in [9.17, 15) is 14.7 Å². The predicted octanol–water partition coefficient (Wildman–Crippen LogP) is 4.40. The van der Waals surface area contributed by atoms with Crippen LogP contribution in [0, 0.1) is 0 Å². The highest BCUT2D eigenvalue weighted by Gasteiger charge is 2.21. The highest BCUT2D eigenvalue weighted by Crippen LogP contribution is 2.20. The van der Waals surface area contributed by atoms with Crippen molar-refractivity contribution < 1.29 is 19.4 Å². The maximum absolute atomic E-state index is 12.7. The van der Waals surface area contributed by atoms with Crippen molar-refractivity contribution >= 4 is 36.3 Å². The number of carbonyl (C=O) groups excluding carboxylic acids is 1. The number of carbonyl (C=O) groups is 2. The summed E-state index contributed by atoms with van der Waals surface area (Å²) >= 11 is 0. The number of carboxylic acids is 1. The molecule has 2 aromatic carbocycles. The Morgan fingerprint density at radius 2 is 1.87 bits per heavy atom. The summed E-state index contributed by atoms with van der Waals surface area (Å²) in [5.74, 6) is -0.807. The molecule has 1 atom stereocenters. The quantitative estimate of drug-likeness (QED) is 0.286. The summed E-state index contributed by atoms with van der Waals surface area (Å²) in [6, 6.07) is 15.8. The number of hydrogen-bond acceptors (Lipinski definition) is 5. The van der Waals surface area contributed by atoms with Crippen LogP contribution in [0.25, 0.3) is 10.9 Å². The number of rotatable bonds is 10. The zero-order valence-corrected chi connectivity index (χ0v) is 23.0. The number of benzene rings is 2. The van der Waals surface area contributed by atoms with Gasteiger partial charge in [0.15, 0.2) is 0 Å². The first-order chi connectivity index (χ1) is 18.4. The van der Waals surface area contributed by atoms with Gasteiger partial charge in [-0.2, -0.15) is 18.6 Å². The molecule has 0 aliphatic heterocycles. The van der Waals surface area contributed by atoms with E-state index in [1.165, 1.54) is 24.1 Å². The monoisotopic (exact) mass is 546 g/mol. The van der Waals surface area contributed by atoms with Gasteiger partial charge >= 0.3 is 5.97 Å². The summed E-state index contributed by atoms with van der Waals surface area (Å²) in [7, 11) is 1.81. The second kappa shape index (κ2) is 12.8. The molecule has 0 saturated carbocycles. The van der Waals surface area contributed by atoms with Crippen LogP contribution in [0.2, 0.25) is 0 Å². The van der Waals surface area contributed by atoms with Crippen molar-refractivity contribution in [2.75, 3.05) is 6.61 Å². The molecule has 1 amide bonds. The molecule has 0 spiro atoms. The Bertz CT molecular complexity index is 1450. The van der Waals surface area contributed by atoms with Gasteiger partial charge in [0, 0.05) is 42.0 Å². The van der Waals surface area contributed by atoms with E-state index in [-0.39, 0.29) is 19.9 Å². The number of hydrogen-bond donors (Lipinski definition) is 2. The van der Waals surface area contributed by atoms with Crippen LogP contribution < -0.4 is 10.1 Å². The minimum atomic E-state index is -1.09. The number of carboxylic acid groups (broad SMARTS) is 1. The smallest absolute Gasteiger partial charge is 0.326 e. The van der Waals surface area contributed by atoms with Gasteiger partial charge in [0.2, 0.25) is 0 Å². The van der Waals surface area contributed by atoms with Crippen molar-refractivity contribution in [1.29, 1.82) is 0 Å². The van der Waals surface area contributed by atoms with Gasteiger partial charge in [0.1, 0.15) is 11.8 Å². The lowest BCUT2D eigenvalue weighted by Gasteiger charge is -2.16. The van der Waals surface area contributed by atoms with E-state index in [2.05, 4.69) is 22.5 Å². The zero-order valence-electron chi connectivity index (χ0n) is 22.0. The molecule has 2 heterocycles. The fourth-order valence-corrected chi connectivity index (χ4v) is 4.89. The van der Waals surface area contributed by atoms with Crippen LogP contribution in [0.5, 0.6) is 5.75 Å². The molecule has 4 aromatic rings. The van der Waals surface area contributed by atoms with Crippen LogP contribution in [0.4, 0.5) is 0 Å². The number of amides is 1. The van der Waals surface area contributed by atoms with Gasteiger partial charge in [-0.1, -0.05) is 24.3 Å². The standard InChI is InChI=1S/C30H32N4O4.H2S/c1-34-19-23-11-10-22(18-27(23)33-34)29(35)32-28(30(36)37)17-20-8-14-25(15-9-20)38-16-4-6-24-13-12-21-5-2-3-7-26(21)31-24;/h8-15,18-19,28H,2-7,16-17H2,1H3,(H,32,35)(H,36,37);1H2/t28-;/m0./s1. The minimum absolute atomic E-state index is 0. The third kappa shape index (κ3) is 7.17. The van der Waals surface area contributed by atoms with Gasteiger partial charge in [-0.3, -0.25) is 14.5 Å². The van der Waals surface area contributed by atoms with Crippen molar-refractivity contribution in [2.45, 2.75) is 51.0 Å². The number of aryl methyl sites for hydroxylation is 4. The zero-order chi connectivity index (χ0) is 26.5. The van der Waals surface area contributed by atoms with E-state index in [1.54, 1.807) is 22.9 Å². The molecule has 0 fully saturated rings. The first-order valence-corrected chi connectivity index (χ1v) is 13.1. The summed E-state index contributed by atoms with van der Waals surface area (Å²) in [5, 5.41) is 17.6. The molecule has 1 aliphatic rings. The van der Waals surface area contributed by atoms with Crippen molar-refractivity contribution in [2.24, 2.45) is 7.05 Å². The predicted molar refractivity (Wildman–Crippen MR) is 155 cm³/mol. The fraction of sp³-hybridized carbons (Fsp3) is 0.333. The van der Waals surface area contributed by atoms with Gasteiger partial charge in [-0.15, -0.1) is 0 Å². The average molecular weight is 547 g/mol. The number of pyridine rings is 1. The lowest BCUT2D eigenvalue weighted by atomic mass is 9.95. The van der Waals surface area contributed by atoms with Crippen molar-refractivity contribution in [1.82, 2.24) is 20.1 Å². The maximum atomic E-state index is 12.7. The third-order valence-electron chi connectivity index (χ3n) is 6.93. The Labute approximate surface area is 234 Å². The van der Waals surface area contributed by atoms with Gasteiger partial charge in [-0.25, -0.2) is 4.79 Å². The maximum Gasteiger partial charge on any atom is 0.326 e. The van der Waals surface area contributed by atoms with Crippen LogP contribution in [0.15, 0.2) is 60.8 Å². The minimum Gasteiger partial charge on any atom is -0.494 e. The normalized spacial score (nSPS) is 13.3. The molecule has 2 N–H and O–H groups in total. The van der Waals surface area contributed by atoms with E-state index in [0.29, 0.717) is 17.7 Å². The van der Waals surface area contributed by atoms with Crippen LogP contribution >= 0.6 is 13.5 Å². The number of fused-ring (bicyclic) bond motifs is 2. The first-order valence-electron chi connectivity index (χ1n) is 13.1. The molecule has 5 rings (SSSR count). The molecule has 39 heavy (non-hydrogen) atoms. The van der Waals surface area contributed by atoms with E-state index >= 15 is 0 Å². The van der Waals surface area contributed by atoms with Crippen LogP contribution in [-0.4, -0.2) is 44.4 Å². The van der Waals surface area contributed by atoms with E-state index in [1.807, 2.05) is 37.5 Å². The highest BCUT2D eigenvalue weighted by molar-refractivity contribution is 7.59. The SMILES string of the molecule is Cn1cc2ccc(C(=O)N[C@@H](Cc3ccc(OCCCc4ccc5c(n4)CCCC5)cc3)C(=O)O)cc2n1.S. The molecule has 8 nitrogen and oxygen atoms in total. The summed E-state index contributed by atoms with van der Waals surface area (Å²) in [6.45, 7) is 0.576. The molecule has 0 unspecified atom stereocenters. The Morgan fingerprint density at radius 3 is 2.67 bits per heavy atom. The fourth-order valence-electron chi connectivity index (χ4n) is 4.89. The van der Waals surface area contributed by atoms with Gasteiger partial charge in [0.05, 0.1) is 12.1 Å². The highest BCUT2D eigenvalue weighted by atomic mass is 32.1. The molecular weight excluding hydrogens is 512 g/mol. The molecule has 1 aliphatic carbocycles. The number of aliphatic carboxylic acids is 1. The average Bonchev–Trinajstić information content (AvgIpc) is 3.30. The molecule has 0 bridgehead atoms. The van der Waals surface area contributed by atoms with Crippen molar-refractivity contribution in [3.8, 4) is 5.75 Å². The largest absolute Gasteiger partial charge is 0.494 e. The number of nitrogens with zero attached hydrogens (tertiary/aromatic N) is 3. The number of aromatic nitrogens is 3. The molecular formula is C30H34N4O4S. The second-order valence-corrected chi connectivity index (χ2v) is 9.86. The Kier molecular flexibility index (Phi) is 9.24. The van der Waals surface area contributed by atoms with Gasteiger partial charge in [0.25, 0.3) is 5.91 Å². The summed E-state index contributed by atoms with van der Waals surface area (Å²) in [5.41, 5.74) is 5.62. The van der Waals surface area contributed by atoms with Crippen molar-refractivity contribution in [3.63, 3.8) is 0 Å². The van der Waals surface area contributed by atoms with Gasteiger partial charge in [-0.05, 0) is 80.0 Å². The Morgan fingerprint density at radius 1 is 1.08 bits per heavy atom. The lowest BCUT2D eigenvalue weighted by molar-refractivity contribution is -0.139. The summed E-state index contributed by atoms with van der Waals surface area (Å²) < 4.78 is 7.56. The third-order valence-corrected chi connectivity index (χ3v) is 6.93. The number of nitrogens with one attached hydrogen (secondary N) is 1. The molecule has 0 saturated heterocycles. The molecule has 2 aromatic heterocycles. The van der Waals surface area contributed by atoms with Crippen LogP contribution in [0.3, 0.4) is 0 Å². The second-order valence-electron chi connectivity index (χ2n) is 9.86. The summed E-state index contributed by atoms with van der Waals surface area (Å²) in [4.78, 5) is 29.4. The molecule has 0 radical (unpaired) electrons. The van der Waals surface area contributed by atoms with Crippen molar-refractivity contribution in [3.05, 3.63) is 88.9 Å². The van der Waals surface area contributed by atoms with Gasteiger partial charge < -0.3 is 15.2 Å². The van der Waals surface area contributed by atoms with E-state index in [0.717, 1.165) is 48.1 Å².